The highest BCUT2D eigenvalue weighted by atomic mass is 35.5. The first-order valence-electron chi connectivity index (χ1n) is 9.01. The molecular weight excluding hydrogens is 380 g/mol. The molecule has 148 valence electrons. The van der Waals surface area contributed by atoms with E-state index in [0.29, 0.717) is 28.8 Å². The first-order chi connectivity index (χ1) is 13.4. The van der Waals surface area contributed by atoms with Crippen LogP contribution in [0.3, 0.4) is 0 Å². The van der Waals surface area contributed by atoms with Crippen LogP contribution in [0, 0.1) is 5.92 Å². The molecule has 0 aliphatic carbocycles. The van der Waals surface area contributed by atoms with Crippen molar-refractivity contribution in [2.24, 2.45) is 5.92 Å². The van der Waals surface area contributed by atoms with Crippen molar-refractivity contribution in [2.75, 3.05) is 25.7 Å². The number of hydrogen-bond donors (Lipinski definition) is 1. The van der Waals surface area contributed by atoms with Gasteiger partial charge >= 0.3 is 0 Å². The van der Waals surface area contributed by atoms with Gasteiger partial charge in [0.25, 0.3) is 0 Å². The highest BCUT2D eigenvalue weighted by Crippen LogP contribution is 2.36. The lowest BCUT2D eigenvalue weighted by Gasteiger charge is -2.21. The topological polar surface area (TPSA) is 67.9 Å². The monoisotopic (exact) mass is 402 g/mol. The summed E-state index contributed by atoms with van der Waals surface area (Å²) < 4.78 is 10.6. The molecule has 2 aromatic rings. The van der Waals surface area contributed by atoms with E-state index in [1.54, 1.807) is 42.3 Å². The molecule has 1 heterocycles. The average Bonchev–Trinajstić information content (AvgIpc) is 3.09. The van der Waals surface area contributed by atoms with Crippen LogP contribution in [-0.2, 0) is 9.59 Å². The maximum absolute atomic E-state index is 12.7. The Bertz CT molecular complexity index is 869. The maximum atomic E-state index is 12.7. The van der Waals surface area contributed by atoms with Crippen molar-refractivity contribution >= 4 is 29.1 Å². The number of ether oxygens (including phenoxy) is 2. The van der Waals surface area contributed by atoms with Gasteiger partial charge in [0, 0.05) is 24.1 Å². The summed E-state index contributed by atoms with van der Waals surface area (Å²) in [4.78, 5) is 26.8. The maximum Gasteiger partial charge on any atom is 0.227 e. The lowest BCUT2D eigenvalue weighted by molar-refractivity contribution is -0.126. The van der Waals surface area contributed by atoms with Gasteiger partial charge in [-0.25, -0.2) is 0 Å². The third-order valence-corrected chi connectivity index (χ3v) is 5.15. The summed E-state index contributed by atoms with van der Waals surface area (Å²) in [6, 6.07) is 12.4. The lowest BCUT2D eigenvalue weighted by Crippen LogP contribution is -2.34. The number of carbonyl (C=O) groups excluding carboxylic acids is 2. The van der Waals surface area contributed by atoms with Crippen molar-refractivity contribution in [3.8, 4) is 11.5 Å². The van der Waals surface area contributed by atoms with Crippen molar-refractivity contribution in [2.45, 2.75) is 19.4 Å². The molecule has 28 heavy (non-hydrogen) atoms. The zero-order chi connectivity index (χ0) is 20.3. The number of benzene rings is 2. The van der Waals surface area contributed by atoms with E-state index in [0.717, 1.165) is 5.56 Å². The third-order valence-electron chi connectivity index (χ3n) is 4.90. The van der Waals surface area contributed by atoms with E-state index in [9.17, 15) is 9.59 Å². The summed E-state index contributed by atoms with van der Waals surface area (Å²) in [6.45, 7) is 2.21. The van der Waals surface area contributed by atoms with Crippen LogP contribution in [0.4, 0.5) is 5.69 Å². The number of halogens is 1. The van der Waals surface area contributed by atoms with Crippen molar-refractivity contribution in [1.29, 1.82) is 0 Å². The normalized spacial score (nSPS) is 17.4. The molecule has 0 saturated carbocycles. The number of nitrogens with zero attached hydrogens (tertiary/aromatic N) is 1. The number of methoxy groups -OCH3 is 2. The molecule has 0 spiro atoms. The van der Waals surface area contributed by atoms with Crippen molar-refractivity contribution in [3.63, 3.8) is 0 Å². The highest BCUT2D eigenvalue weighted by molar-refractivity contribution is 6.30. The molecule has 0 aromatic heterocycles. The van der Waals surface area contributed by atoms with Crippen LogP contribution in [0.5, 0.6) is 11.5 Å². The standard InChI is InChI=1S/C21H23ClN2O4/c1-13(14-4-6-16(22)7-5-14)23-21(26)15-10-20(25)24(12-15)18-9-8-17(27-2)11-19(18)28-3/h4-9,11,13,15H,10,12H2,1-3H3,(H,23,26). The van der Waals surface area contributed by atoms with E-state index in [4.69, 9.17) is 21.1 Å². The van der Waals surface area contributed by atoms with E-state index < -0.39 is 5.92 Å². The molecule has 3 rings (SSSR count). The number of anilines is 1. The first-order valence-corrected chi connectivity index (χ1v) is 9.39. The molecule has 1 aliphatic rings. The first kappa shape index (κ1) is 20.0. The zero-order valence-electron chi connectivity index (χ0n) is 16.1. The number of carbonyl (C=O) groups is 2. The second-order valence-electron chi connectivity index (χ2n) is 6.72. The quantitative estimate of drug-likeness (QED) is 0.801. The lowest BCUT2D eigenvalue weighted by atomic mass is 10.1. The third kappa shape index (κ3) is 4.22. The molecular formula is C21H23ClN2O4. The van der Waals surface area contributed by atoms with Gasteiger partial charge < -0.3 is 19.7 Å². The van der Waals surface area contributed by atoms with Gasteiger partial charge in [-0.15, -0.1) is 0 Å². The molecule has 0 radical (unpaired) electrons. The molecule has 0 bridgehead atoms. The fourth-order valence-electron chi connectivity index (χ4n) is 3.29. The Morgan fingerprint density at radius 1 is 1.18 bits per heavy atom. The largest absolute Gasteiger partial charge is 0.497 e. The Hall–Kier alpha value is -2.73. The van der Waals surface area contributed by atoms with Gasteiger partial charge in [0.2, 0.25) is 11.8 Å². The second-order valence-corrected chi connectivity index (χ2v) is 7.16. The molecule has 1 fully saturated rings. The van der Waals surface area contributed by atoms with E-state index in [-0.39, 0.29) is 24.3 Å². The van der Waals surface area contributed by atoms with Crippen LogP contribution >= 0.6 is 11.6 Å². The Morgan fingerprint density at radius 3 is 2.54 bits per heavy atom. The van der Waals surface area contributed by atoms with Gasteiger partial charge in [0.1, 0.15) is 11.5 Å². The van der Waals surface area contributed by atoms with Gasteiger partial charge in [0.15, 0.2) is 0 Å². The van der Waals surface area contributed by atoms with Crippen LogP contribution in [0.15, 0.2) is 42.5 Å². The SMILES string of the molecule is COc1ccc(N2CC(C(=O)NC(C)c3ccc(Cl)cc3)CC2=O)c(OC)c1. The molecule has 2 amide bonds. The summed E-state index contributed by atoms with van der Waals surface area (Å²) in [5.41, 5.74) is 1.59. The Balaban J connectivity index is 1.70. The van der Waals surface area contributed by atoms with Gasteiger partial charge in [-0.3, -0.25) is 9.59 Å². The summed E-state index contributed by atoms with van der Waals surface area (Å²) in [7, 11) is 3.11. The van der Waals surface area contributed by atoms with Crippen LogP contribution in [0.1, 0.15) is 24.9 Å². The predicted octanol–water partition coefficient (Wildman–Crippen LogP) is 3.59. The number of hydrogen-bond acceptors (Lipinski definition) is 4. The summed E-state index contributed by atoms with van der Waals surface area (Å²) in [6.07, 6.45) is 0.161. The Morgan fingerprint density at radius 2 is 1.89 bits per heavy atom. The van der Waals surface area contributed by atoms with Crippen molar-refractivity contribution in [3.05, 3.63) is 53.1 Å². The number of nitrogens with one attached hydrogen (secondary N) is 1. The fraction of sp³-hybridized carbons (Fsp3) is 0.333. The zero-order valence-corrected chi connectivity index (χ0v) is 16.8. The minimum absolute atomic E-state index is 0.109. The number of amides is 2. The van der Waals surface area contributed by atoms with Gasteiger partial charge in [-0.1, -0.05) is 23.7 Å². The molecule has 2 unspecified atom stereocenters. The molecule has 2 aromatic carbocycles. The van der Waals surface area contributed by atoms with Crippen molar-refractivity contribution < 1.29 is 19.1 Å². The summed E-state index contributed by atoms with van der Waals surface area (Å²) in [5.74, 6) is 0.490. The predicted molar refractivity (Wildman–Crippen MR) is 108 cm³/mol. The Kier molecular flexibility index (Phi) is 6.09. The molecule has 1 aliphatic heterocycles. The van der Waals surface area contributed by atoms with Gasteiger partial charge in [-0.05, 0) is 36.8 Å². The minimum Gasteiger partial charge on any atom is -0.497 e. The minimum atomic E-state index is -0.422. The van der Waals surface area contributed by atoms with E-state index >= 15 is 0 Å². The molecule has 1 N–H and O–H groups in total. The van der Waals surface area contributed by atoms with Crippen LogP contribution in [0.25, 0.3) is 0 Å². The fourth-order valence-corrected chi connectivity index (χ4v) is 3.42. The van der Waals surface area contributed by atoms with E-state index in [2.05, 4.69) is 5.32 Å². The van der Waals surface area contributed by atoms with Crippen LogP contribution < -0.4 is 19.7 Å². The summed E-state index contributed by atoms with van der Waals surface area (Å²) >= 11 is 5.91. The van der Waals surface area contributed by atoms with E-state index in [1.807, 2.05) is 19.1 Å². The highest BCUT2D eigenvalue weighted by Gasteiger charge is 2.36. The molecule has 7 heteroatoms. The van der Waals surface area contributed by atoms with Gasteiger partial charge in [0.05, 0.1) is 31.9 Å². The molecule has 2 atom stereocenters. The molecule has 1 saturated heterocycles. The van der Waals surface area contributed by atoms with E-state index in [1.165, 1.54) is 7.11 Å². The van der Waals surface area contributed by atoms with Gasteiger partial charge in [-0.2, -0.15) is 0 Å². The van der Waals surface area contributed by atoms with Crippen LogP contribution in [0.2, 0.25) is 5.02 Å². The molecule has 6 nitrogen and oxygen atoms in total. The number of rotatable bonds is 6. The van der Waals surface area contributed by atoms with Crippen molar-refractivity contribution in [1.82, 2.24) is 5.32 Å². The second kappa shape index (κ2) is 8.52. The average molecular weight is 403 g/mol. The smallest absolute Gasteiger partial charge is 0.227 e. The summed E-state index contributed by atoms with van der Waals surface area (Å²) in [5, 5.41) is 3.63. The van der Waals surface area contributed by atoms with Crippen LogP contribution in [-0.4, -0.2) is 32.6 Å². The Labute approximate surface area is 169 Å².